The van der Waals surface area contributed by atoms with E-state index in [0.717, 1.165) is 16.8 Å². The molecule has 1 amide bonds. The van der Waals surface area contributed by atoms with E-state index in [0.29, 0.717) is 17.4 Å². The molecule has 1 heterocycles. The lowest BCUT2D eigenvalue weighted by Gasteiger charge is -2.05. The molecule has 0 radical (unpaired) electrons. The van der Waals surface area contributed by atoms with Crippen LogP contribution in [-0.4, -0.2) is 29.5 Å². The first-order chi connectivity index (χ1) is 12.3. The molecule has 0 aliphatic rings. The second-order valence-corrected chi connectivity index (χ2v) is 5.93. The van der Waals surface area contributed by atoms with E-state index in [1.54, 1.807) is 6.21 Å². The van der Waals surface area contributed by atoms with Gasteiger partial charge in [0.2, 0.25) is 0 Å². The Hall–Kier alpha value is -2.80. The van der Waals surface area contributed by atoms with Crippen LogP contribution in [0.5, 0.6) is 5.75 Å². The van der Waals surface area contributed by atoms with Gasteiger partial charge in [-0.3, -0.25) is 4.79 Å². The lowest BCUT2D eigenvalue weighted by Crippen LogP contribution is -2.19. The Labute approximate surface area is 149 Å². The Balaban J connectivity index is 1.52. The number of para-hydroxylation sites is 3. The number of thioether (sulfide) groups is 1. The molecule has 0 unspecified atom stereocenters. The maximum atomic E-state index is 11.9. The monoisotopic (exact) mass is 355 g/mol. The van der Waals surface area contributed by atoms with E-state index in [9.17, 15) is 4.79 Å². The third-order valence-electron chi connectivity index (χ3n) is 3.21. The number of oxazole rings is 1. The molecule has 128 valence electrons. The van der Waals surface area contributed by atoms with Gasteiger partial charge >= 0.3 is 0 Å². The second-order valence-electron chi connectivity index (χ2n) is 5.00. The molecule has 0 bridgehead atoms. The van der Waals surface area contributed by atoms with E-state index >= 15 is 0 Å². The zero-order valence-corrected chi connectivity index (χ0v) is 14.5. The minimum atomic E-state index is -0.239. The maximum Gasteiger partial charge on any atom is 0.257 e. The van der Waals surface area contributed by atoms with Gasteiger partial charge in [-0.2, -0.15) is 5.10 Å². The highest BCUT2D eigenvalue weighted by atomic mass is 32.2. The Morgan fingerprint density at radius 1 is 1.28 bits per heavy atom. The van der Waals surface area contributed by atoms with E-state index in [2.05, 4.69) is 15.5 Å². The summed E-state index contributed by atoms with van der Waals surface area (Å²) in [6.07, 6.45) is 1.56. The van der Waals surface area contributed by atoms with Gasteiger partial charge in [0.15, 0.2) is 5.58 Å². The summed E-state index contributed by atoms with van der Waals surface area (Å²) >= 11 is 1.22. The number of carbonyl (C=O) groups excluding carboxylic acids is 1. The molecule has 1 aromatic heterocycles. The highest BCUT2D eigenvalue weighted by Gasteiger charge is 2.08. The van der Waals surface area contributed by atoms with Crippen molar-refractivity contribution in [3.63, 3.8) is 0 Å². The molecule has 0 saturated carbocycles. The van der Waals surface area contributed by atoms with Gasteiger partial charge in [-0.15, -0.1) is 0 Å². The number of benzene rings is 2. The average molecular weight is 355 g/mol. The summed E-state index contributed by atoms with van der Waals surface area (Å²) in [5, 5.41) is 4.43. The van der Waals surface area contributed by atoms with Crippen molar-refractivity contribution in [2.75, 3.05) is 12.4 Å². The molecule has 0 atom stereocenters. The summed E-state index contributed by atoms with van der Waals surface area (Å²) in [7, 11) is 0. The molecular weight excluding hydrogens is 338 g/mol. The molecule has 2 aromatic carbocycles. The van der Waals surface area contributed by atoms with Gasteiger partial charge in [0, 0.05) is 5.56 Å². The molecule has 3 rings (SSSR count). The number of carbonyl (C=O) groups is 1. The summed E-state index contributed by atoms with van der Waals surface area (Å²) < 4.78 is 11.1. The number of nitrogens with zero attached hydrogens (tertiary/aromatic N) is 2. The molecule has 0 spiro atoms. The Morgan fingerprint density at radius 2 is 2.08 bits per heavy atom. The minimum Gasteiger partial charge on any atom is -0.493 e. The fourth-order valence-electron chi connectivity index (χ4n) is 2.12. The first-order valence-electron chi connectivity index (χ1n) is 7.78. The first-order valence-corrected chi connectivity index (χ1v) is 8.77. The number of hydrogen-bond donors (Lipinski definition) is 1. The number of hydrogen-bond acceptors (Lipinski definition) is 6. The average Bonchev–Trinajstić information content (AvgIpc) is 3.05. The molecule has 1 N–H and O–H groups in total. The van der Waals surface area contributed by atoms with Gasteiger partial charge in [-0.1, -0.05) is 36.0 Å². The largest absolute Gasteiger partial charge is 0.493 e. The molecular formula is C18H17N3O3S. The number of aromatic nitrogens is 1. The van der Waals surface area contributed by atoms with Crippen LogP contribution >= 0.6 is 11.8 Å². The highest BCUT2D eigenvalue weighted by Crippen LogP contribution is 2.22. The van der Waals surface area contributed by atoms with Crippen LogP contribution in [0.1, 0.15) is 12.5 Å². The van der Waals surface area contributed by atoms with Crippen LogP contribution < -0.4 is 10.2 Å². The van der Waals surface area contributed by atoms with Crippen LogP contribution in [-0.2, 0) is 4.79 Å². The number of fused-ring (bicyclic) bond motifs is 1. The zero-order valence-electron chi connectivity index (χ0n) is 13.6. The van der Waals surface area contributed by atoms with E-state index in [4.69, 9.17) is 9.15 Å². The van der Waals surface area contributed by atoms with Gasteiger partial charge in [0.1, 0.15) is 11.3 Å². The van der Waals surface area contributed by atoms with Crippen LogP contribution in [0.25, 0.3) is 11.1 Å². The third-order valence-corrected chi connectivity index (χ3v) is 4.04. The van der Waals surface area contributed by atoms with Crippen LogP contribution in [0, 0.1) is 0 Å². The Kier molecular flexibility index (Phi) is 5.69. The highest BCUT2D eigenvalue weighted by molar-refractivity contribution is 7.99. The lowest BCUT2D eigenvalue weighted by atomic mass is 10.2. The van der Waals surface area contributed by atoms with Gasteiger partial charge in [0.05, 0.1) is 18.6 Å². The van der Waals surface area contributed by atoms with Crippen LogP contribution in [0.15, 0.2) is 63.3 Å². The normalized spacial score (nSPS) is 11.1. The fraction of sp³-hybridized carbons (Fsp3) is 0.167. The summed E-state index contributed by atoms with van der Waals surface area (Å²) in [5.41, 5.74) is 4.77. The summed E-state index contributed by atoms with van der Waals surface area (Å²) in [6, 6.07) is 15.0. The third kappa shape index (κ3) is 4.60. The number of amides is 1. The molecule has 7 heteroatoms. The number of rotatable bonds is 7. The quantitative estimate of drug-likeness (QED) is 0.399. The maximum absolute atomic E-state index is 11.9. The van der Waals surface area contributed by atoms with Crippen molar-refractivity contribution in [3.8, 4) is 5.75 Å². The second kappa shape index (κ2) is 8.34. The van der Waals surface area contributed by atoms with Crippen molar-refractivity contribution in [2.24, 2.45) is 5.10 Å². The van der Waals surface area contributed by atoms with Crippen LogP contribution in [0.3, 0.4) is 0 Å². The van der Waals surface area contributed by atoms with Crippen molar-refractivity contribution in [1.82, 2.24) is 10.4 Å². The van der Waals surface area contributed by atoms with Gasteiger partial charge in [0.25, 0.3) is 11.1 Å². The summed E-state index contributed by atoms with van der Waals surface area (Å²) in [4.78, 5) is 16.2. The van der Waals surface area contributed by atoms with Gasteiger partial charge < -0.3 is 9.15 Å². The molecule has 3 aromatic rings. The molecule has 25 heavy (non-hydrogen) atoms. The smallest absolute Gasteiger partial charge is 0.257 e. The fourth-order valence-corrected chi connectivity index (χ4v) is 2.75. The molecule has 0 fully saturated rings. The SMILES string of the molecule is CCOc1ccccc1C=NNC(=O)CSc1nc2ccccc2o1. The number of nitrogens with one attached hydrogen (secondary N) is 1. The minimum absolute atomic E-state index is 0.164. The van der Waals surface area contributed by atoms with Crippen LogP contribution in [0.4, 0.5) is 0 Å². The summed E-state index contributed by atoms with van der Waals surface area (Å²) in [6.45, 7) is 2.48. The Bertz CT molecular complexity index is 859. The summed E-state index contributed by atoms with van der Waals surface area (Å²) in [5.74, 6) is 0.651. The zero-order chi connectivity index (χ0) is 17.5. The molecule has 0 saturated heterocycles. The molecule has 6 nitrogen and oxygen atoms in total. The lowest BCUT2D eigenvalue weighted by molar-refractivity contribution is -0.118. The van der Waals surface area contributed by atoms with Crippen molar-refractivity contribution in [2.45, 2.75) is 12.1 Å². The topological polar surface area (TPSA) is 76.7 Å². The van der Waals surface area contributed by atoms with E-state index in [1.807, 2.05) is 55.5 Å². The van der Waals surface area contributed by atoms with Gasteiger partial charge in [-0.25, -0.2) is 10.4 Å². The van der Waals surface area contributed by atoms with E-state index in [-0.39, 0.29) is 11.7 Å². The predicted molar refractivity (Wildman–Crippen MR) is 98.1 cm³/mol. The first kappa shape index (κ1) is 17.0. The Morgan fingerprint density at radius 3 is 2.92 bits per heavy atom. The van der Waals surface area contributed by atoms with Crippen molar-refractivity contribution >= 4 is 35.0 Å². The molecule has 0 aliphatic heterocycles. The van der Waals surface area contributed by atoms with Crippen LogP contribution in [0.2, 0.25) is 0 Å². The van der Waals surface area contributed by atoms with Crippen molar-refractivity contribution < 1.29 is 13.9 Å². The van der Waals surface area contributed by atoms with E-state index < -0.39 is 0 Å². The number of hydrazone groups is 1. The van der Waals surface area contributed by atoms with Gasteiger partial charge in [-0.05, 0) is 31.2 Å². The standard InChI is InChI=1S/C18H17N3O3S/c1-2-23-15-9-5-3-7-13(15)11-19-21-17(22)12-25-18-20-14-8-4-6-10-16(14)24-18/h3-11H,2,12H2,1H3,(H,21,22). The van der Waals surface area contributed by atoms with E-state index in [1.165, 1.54) is 11.8 Å². The van der Waals surface area contributed by atoms with Crippen molar-refractivity contribution in [1.29, 1.82) is 0 Å². The number of ether oxygens (including phenoxy) is 1. The molecule has 0 aliphatic carbocycles. The van der Waals surface area contributed by atoms with Crippen molar-refractivity contribution in [3.05, 3.63) is 54.1 Å². The predicted octanol–water partition coefficient (Wildman–Crippen LogP) is 3.47.